The molecule has 0 bridgehead atoms. The van der Waals surface area contributed by atoms with E-state index >= 15 is 0 Å². The van der Waals surface area contributed by atoms with E-state index in [1.165, 1.54) is 31.9 Å². The van der Waals surface area contributed by atoms with Gasteiger partial charge in [-0.2, -0.15) is 0 Å². The first-order valence-electron chi connectivity index (χ1n) is 13.5. The molecule has 1 aromatic heterocycles. The van der Waals surface area contributed by atoms with Crippen molar-refractivity contribution in [3.63, 3.8) is 0 Å². The number of halogens is 1. The van der Waals surface area contributed by atoms with Gasteiger partial charge < -0.3 is 20.1 Å². The zero-order valence-corrected chi connectivity index (χ0v) is 21.4. The molecular weight excluding hydrogens is 459 g/mol. The number of hydrogen-bond donors (Lipinski definition) is 2. The fourth-order valence-corrected chi connectivity index (χ4v) is 6.59. The SMILES string of the molecule is CC(=O)Nc1c2n(c3ccc(F)cc13)CC(C)(C(=O)NC1CCCCCC1)N(C1CCCCC1)C2=O. The van der Waals surface area contributed by atoms with Gasteiger partial charge in [-0.1, -0.05) is 44.9 Å². The number of amides is 3. The highest BCUT2D eigenvalue weighted by Crippen LogP contribution is 2.42. The molecule has 1 unspecified atom stereocenters. The molecule has 2 aromatic rings. The number of hydrogen-bond acceptors (Lipinski definition) is 3. The van der Waals surface area contributed by atoms with Gasteiger partial charge in [0.2, 0.25) is 11.8 Å². The summed E-state index contributed by atoms with van der Waals surface area (Å²) in [7, 11) is 0. The van der Waals surface area contributed by atoms with E-state index in [9.17, 15) is 18.8 Å². The van der Waals surface area contributed by atoms with Crippen molar-refractivity contribution in [2.75, 3.05) is 5.32 Å². The molecule has 1 aliphatic heterocycles. The van der Waals surface area contributed by atoms with Gasteiger partial charge in [-0.25, -0.2) is 4.39 Å². The second-order valence-electron chi connectivity index (χ2n) is 11.1. The third kappa shape index (κ3) is 4.39. The Bertz CT molecular complexity index is 1180. The van der Waals surface area contributed by atoms with Gasteiger partial charge in [0.15, 0.2) is 0 Å². The van der Waals surface area contributed by atoms with Gasteiger partial charge in [0.05, 0.1) is 17.7 Å². The van der Waals surface area contributed by atoms with Gasteiger partial charge >= 0.3 is 0 Å². The van der Waals surface area contributed by atoms with Crippen molar-refractivity contribution in [3.05, 3.63) is 29.7 Å². The Labute approximate surface area is 211 Å². The van der Waals surface area contributed by atoms with E-state index in [0.717, 1.165) is 57.8 Å². The molecule has 194 valence electrons. The van der Waals surface area contributed by atoms with Crippen LogP contribution in [0.2, 0.25) is 0 Å². The molecule has 3 amide bonds. The standard InChI is InChI=1S/C28H37FN4O3/c1-18(34)30-24-22-16-19(29)14-15-23(22)32-17-28(2,27(36)31-20-10-6-3-4-7-11-20)33(26(35)25(24)32)21-12-8-5-9-13-21/h14-16,20-21H,3-13,17H2,1-2H3,(H,30,34)(H,31,36). The van der Waals surface area contributed by atoms with Gasteiger partial charge in [0.1, 0.15) is 17.1 Å². The lowest BCUT2D eigenvalue weighted by Gasteiger charge is -2.49. The molecule has 5 rings (SSSR count). The van der Waals surface area contributed by atoms with Gasteiger partial charge in [0, 0.05) is 24.4 Å². The molecule has 7 nitrogen and oxygen atoms in total. The monoisotopic (exact) mass is 496 g/mol. The van der Waals surface area contributed by atoms with E-state index < -0.39 is 11.4 Å². The summed E-state index contributed by atoms with van der Waals surface area (Å²) in [6.07, 6.45) is 11.4. The first-order valence-corrected chi connectivity index (χ1v) is 13.5. The molecule has 2 fully saturated rings. The summed E-state index contributed by atoms with van der Waals surface area (Å²) in [4.78, 5) is 42.3. The normalized spacial score (nSPS) is 23.9. The van der Waals surface area contributed by atoms with Crippen LogP contribution in [-0.4, -0.2) is 44.8 Å². The van der Waals surface area contributed by atoms with Crippen molar-refractivity contribution in [1.82, 2.24) is 14.8 Å². The zero-order valence-electron chi connectivity index (χ0n) is 21.4. The molecule has 2 aliphatic carbocycles. The fourth-order valence-electron chi connectivity index (χ4n) is 6.59. The van der Waals surface area contributed by atoms with Gasteiger partial charge in [-0.05, 0) is 50.8 Å². The zero-order chi connectivity index (χ0) is 25.4. The van der Waals surface area contributed by atoms with E-state index in [2.05, 4.69) is 10.6 Å². The molecule has 2 N–H and O–H groups in total. The number of rotatable bonds is 4. The van der Waals surface area contributed by atoms with Crippen LogP contribution in [0.3, 0.4) is 0 Å². The molecule has 0 radical (unpaired) electrons. The average molecular weight is 497 g/mol. The Morgan fingerprint density at radius 1 is 1.00 bits per heavy atom. The second-order valence-corrected chi connectivity index (χ2v) is 11.1. The van der Waals surface area contributed by atoms with Crippen LogP contribution < -0.4 is 10.6 Å². The van der Waals surface area contributed by atoms with Crippen LogP contribution in [0.4, 0.5) is 10.1 Å². The summed E-state index contributed by atoms with van der Waals surface area (Å²) >= 11 is 0. The van der Waals surface area contributed by atoms with E-state index in [1.807, 2.05) is 11.5 Å². The average Bonchev–Trinajstić information content (AvgIpc) is 2.98. The van der Waals surface area contributed by atoms with Crippen molar-refractivity contribution in [2.45, 2.75) is 109 Å². The smallest absolute Gasteiger partial charge is 0.273 e. The third-order valence-corrected chi connectivity index (χ3v) is 8.36. The molecule has 3 aliphatic rings. The Kier molecular flexibility index (Phi) is 6.79. The lowest BCUT2D eigenvalue weighted by Crippen LogP contribution is -2.67. The van der Waals surface area contributed by atoms with Crippen LogP contribution in [0.15, 0.2) is 18.2 Å². The Hall–Kier alpha value is -2.90. The summed E-state index contributed by atoms with van der Waals surface area (Å²) in [5, 5.41) is 6.58. The van der Waals surface area contributed by atoms with Gasteiger partial charge in [-0.15, -0.1) is 0 Å². The molecule has 2 saturated carbocycles. The lowest BCUT2D eigenvalue weighted by molar-refractivity contribution is -0.135. The van der Waals surface area contributed by atoms with Crippen LogP contribution in [-0.2, 0) is 16.1 Å². The van der Waals surface area contributed by atoms with Crippen LogP contribution in [0.5, 0.6) is 0 Å². The lowest BCUT2D eigenvalue weighted by atomic mass is 9.86. The number of carbonyl (C=O) groups excluding carboxylic acids is 3. The van der Waals surface area contributed by atoms with Crippen molar-refractivity contribution in [2.24, 2.45) is 0 Å². The van der Waals surface area contributed by atoms with Crippen LogP contribution in [0.25, 0.3) is 10.9 Å². The topological polar surface area (TPSA) is 83.4 Å². The number of aromatic nitrogens is 1. The Morgan fingerprint density at radius 3 is 2.31 bits per heavy atom. The Morgan fingerprint density at radius 2 is 1.64 bits per heavy atom. The quantitative estimate of drug-likeness (QED) is 0.576. The fraction of sp³-hybridized carbons (Fsp3) is 0.607. The van der Waals surface area contributed by atoms with E-state index in [1.54, 1.807) is 11.0 Å². The summed E-state index contributed by atoms with van der Waals surface area (Å²) in [5.74, 6) is -1.16. The predicted octanol–water partition coefficient (Wildman–Crippen LogP) is 5.13. The van der Waals surface area contributed by atoms with Crippen molar-refractivity contribution in [1.29, 1.82) is 0 Å². The highest BCUT2D eigenvalue weighted by molar-refractivity contribution is 6.14. The number of benzene rings is 1. The van der Waals surface area contributed by atoms with Gasteiger partial charge in [-0.3, -0.25) is 14.4 Å². The first kappa shape index (κ1) is 24.8. The molecule has 36 heavy (non-hydrogen) atoms. The largest absolute Gasteiger partial charge is 0.351 e. The minimum atomic E-state index is -1.09. The number of fused-ring (bicyclic) bond motifs is 3. The second kappa shape index (κ2) is 9.87. The number of nitrogens with one attached hydrogen (secondary N) is 2. The molecule has 0 spiro atoms. The van der Waals surface area contributed by atoms with Crippen LogP contribution in [0.1, 0.15) is 95.0 Å². The minimum Gasteiger partial charge on any atom is -0.351 e. The summed E-state index contributed by atoms with van der Waals surface area (Å²) < 4.78 is 16.1. The number of nitrogens with zero attached hydrogens (tertiary/aromatic N) is 2. The minimum absolute atomic E-state index is 0.0511. The van der Waals surface area contributed by atoms with E-state index in [4.69, 9.17) is 0 Å². The third-order valence-electron chi connectivity index (χ3n) is 8.36. The van der Waals surface area contributed by atoms with Gasteiger partial charge in [0.25, 0.3) is 5.91 Å². The molecule has 8 heteroatoms. The van der Waals surface area contributed by atoms with Crippen molar-refractivity contribution in [3.8, 4) is 0 Å². The van der Waals surface area contributed by atoms with E-state index in [-0.39, 0.29) is 36.3 Å². The highest BCUT2D eigenvalue weighted by Gasteiger charge is 2.51. The first-order chi connectivity index (χ1) is 17.3. The molecule has 1 aromatic carbocycles. The molecule has 0 saturated heterocycles. The molecule has 1 atom stereocenters. The number of anilines is 1. The molecule has 2 heterocycles. The highest BCUT2D eigenvalue weighted by atomic mass is 19.1. The Balaban J connectivity index is 1.62. The molecular formula is C28H37FN4O3. The van der Waals surface area contributed by atoms with Crippen molar-refractivity contribution >= 4 is 34.3 Å². The summed E-state index contributed by atoms with van der Waals surface area (Å²) in [6.45, 7) is 3.51. The maximum absolute atomic E-state index is 14.3. The summed E-state index contributed by atoms with van der Waals surface area (Å²) in [6, 6.07) is 4.41. The maximum atomic E-state index is 14.3. The predicted molar refractivity (Wildman–Crippen MR) is 137 cm³/mol. The maximum Gasteiger partial charge on any atom is 0.273 e. The summed E-state index contributed by atoms with van der Waals surface area (Å²) in [5.41, 5.74) is 0.206. The van der Waals surface area contributed by atoms with E-state index in [0.29, 0.717) is 22.3 Å². The number of carbonyl (C=O) groups is 3. The van der Waals surface area contributed by atoms with Crippen LogP contribution >= 0.6 is 0 Å². The van der Waals surface area contributed by atoms with Crippen molar-refractivity contribution < 1.29 is 18.8 Å². The van der Waals surface area contributed by atoms with Crippen LogP contribution in [0, 0.1) is 5.82 Å².